The van der Waals surface area contributed by atoms with Crippen LogP contribution in [0.15, 0.2) is 45.6 Å². The van der Waals surface area contributed by atoms with Crippen molar-refractivity contribution in [1.29, 1.82) is 0 Å². The standard InChI is InChI=1S/C12H10Br2N2O/c1-17-12-4-8(13)2-10(5-12)16-11-3-9(14)6-15-7-11/h2-7,16H,1H3. The highest BCUT2D eigenvalue weighted by atomic mass is 79.9. The summed E-state index contributed by atoms with van der Waals surface area (Å²) >= 11 is 6.82. The maximum Gasteiger partial charge on any atom is 0.122 e. The minimum absolute atomic E-state index is 0.796. The maximum atomic E-state index is 5.20. The SMILES string of the molecule is COc1cc(Br)cc(Nc2cncc(Br)c2)c1. The molecule has 3 nitrogen and oxygen atoms in total. The molecule has 0 aliphatic carbocycles. The summed E-state index contributed by atoms with van der Waals surface area (Å²) in [5.41, 5.74) is 1.86. The Labute approximate surface area is 116 Å². The highest BCUT2D eigenvalue weighted by molar-refractivity contribution is 9.10. The van der Waals surface area contributed by atoms with Crippen molar-refractivity contribution in [3.8, 4) is 5.75 Å². The third-order valence-electron chi connectivity index (χ3n) is 2.10. The van der Waals surface area contributed by atoms with Gasteiger partial charge in [-0.15, -0.1) is 0 Å². The zero-order valence-electron chi connectivity index (χ0n) is 9.08. The fraction of sp³-hybridized carbons (Fsp3) is 0.0833. The lowest BCUT2D eigenvalue weighted by Gasteiger charge is -2.09. The molecule has 0 aliphatic heterocycles. The van der Waals surface area contributed by atoms with Gasteiger partial charge in [-0.25, -0.2) is 0 Å². The largest absolute Gasteiger partial charge is 0.497 e. The number of pyridine rings is 1. The van der Waals surface area contributed by atoms with Crippen LogP contribution in [0.2, 0.25) is 0 Å². The van der Waals surface area contributed by atoms with Crippen molar-refractivity contribution in [2.45, 2.75) is 0 Å². The average Bonchev–Trinajstić information content (AvgIpc) is 2.28. The van der Waals surface area contributed by atoms with Gasteiger partial charge in [0.1, 0.15) is 5.75 Å². The lowest BCUT2D eigenvalue weighted by atomic mass is 10.3. The van der Waals surface area contributed by atoms with E-state index in [1.165, 1.54) is 0 Å². The molecule has 0 bridgehead atoms. The number of aromatic nitrogens is 1. The van der Waals surface area contributed by atoms with Crippen molar-refractivity contribution in [3.63, 3.8) is 0 Å². The minimum atomic E-state index is 0.796. The van der Waals surface area contributed by atoms with Crippen LogP contribution in [0, 0.1) is 0 Å². The summed E-state index contributed by atoms with van der Waals surface area (Å²) in [7, 11) is 1.65. The molecule has 2 aromatic rings. The van der Waals surface area contributed by atoms with Crippen LogP contribution < -0.4 is 10.1 Å². The Balaban J connectivity index is 2.26. The van der Waals surface area contributed by atoms with Gasteiger partial charge >= 0.3 is 0 Å². The Morgan fingerprint density at radius 1 is 1.00 bits per heavy atom. The van der Waals surface area contributed by atoms with Crippen LogP contribution in [-0.4, -0.2) is 12.1 Å². The first-order chi connectivity index (χ1) is 8.17. The molecule has 0 radical (unpaired) electrons. The molecule has 88 valence electrons. The van der Waals surface area contributed by atoms with E-state index in [-0.39, 0.29) is 0 Å². The van der Waals surface area contributed by atoms with Crippen LogP contribution in [0.5, 0.6) is 5.75 Å². The molecule has 0 unspecified atom stereocenters. The van der Waals surface area contributed by atoms with Crippen LogP contribution in [0.1, 0.15) is 0 Å². The van der Waals surface area contributed by atoms with Gasteiger partial charge in [-0.3, -0.25) is 4.98 Å². The molecule has 0 aliphatic rings. The second-order valence-corrected chi connectivity index (χ2v) is 5.23. The molecule has 0 saturated carbocycles. The van der Waals surface area contributed by atoms with Gasteiger partial charge in [0.05, 0.1) is 19.0 Å². The van der Waals surface area contributed by atoms with Gasteiger partial charge in [-0.1, -0.05) is 15.9 Å². The minimum Gasteiger partial charge on any atom is -0.497 e. The molecule has 17 heavy (non-hydrogen) atoms. The quantitative estimate of drug-likeness (QED) is 0.886. The third kappa shape index (κ3) is 3.44. The van der Waals surface area contributed by atoms with Crippen molar-refractivity contribution in [3.05, 3.63) is 45.6 Å². The van der Waals surface area contributed by atoms with Crippen LogP contribution in [0.25, 0.3) is 0 Å². The summed E-state index contributed by atoms with van der Waals surface area (Å²) < 4.78 is 7.10. The molecule has 0 atom stereocenters. The summed E-state index contributed by atoms with van der Waals surface area (Å²) in [5, 5.41) is 3.26. The number of nitrogens with one attached hydrogen (secondary N) is 1. The van der Waals surface area contributed by atoms with Gasteiger partial charge in [0.15, 0.2) is 0 Å². The highest BCUT2D eigenvalue weighted by Gasteiger charge is 2.01. The first-order valence-corrected chi connectivity index (χ1v) is 6.48. The Morgan fingerprint density at radius 3 is 2.47 bits per heavy atom. The molecule has 2 rings (SSSR count). The van der Waals surface area contributed by atoms with E-state index < -0.39 is 0 Å². The van der Waals surface area contributed by atoms with Crippen molar-refractivity contribution in [2.75, 3.05) is 12.4 Å². The normalized spacial score (nSPS) is 10.1. The van der Waals surface area contributed by atoms with Gasteiger partial charge in [-0.05, 0) is 34.1 Å². The van der Waals surface area contributed by atoms with Crippen molar-refractivity contribution < 1.29 is 4.74 Å². The maximum absolute atomic E-state index is 5.20. The lowest BCUT2D eigenvalue weighted by molar-refractivity contribution is 0.415. The number of benzene rings is 1. The number of halogens is 2. The van der Waals surface area contributed by atoms with Crippen molar-refractivity contribution in [1.82, 2.24) is 4.98 Å². The molecule has 1 N–H and O–H groups in total. The fourth-order valence-corrected chi connectivity index (χ4v) is 2.24. The van der Waals surface area contributed by atoms with E-state index in [0.717, 1.165) is 26.1 Å². The van der Waals surface area contributed by atoms with Gasteiger partial charge in [-0.2, -0.15) is 0 Å². The van der Waals surface area contributed by atoms with Crippen LogP contribution in [0.3, 0.4) is 0 Å². The Hall–Kier alpha value is -1.07. The Bertz CT molecular complexity index is 532. The summed E-state index contributed by atoms with van der Waals surface area (Å²) in [5.74, 6) is 0.796. The van der Waals surface area contributed by atoms with Gasteiger partial charge in [0, 0.05) is 26.9 Å². The van der Waals surface area contributed by atoms with E-state index in [2.05, 4.69) is 42.2 Å². The molecule has 1 heterocycles. The summed E-state index contributed by atoms with van der Waals surface area (Å²) in [4.78, 5) is 4.09. The first-order valence-electron chi connectivity index (χ1n) is 4.89. The smallest absolute Gasteiger partial charge is 0.122 e. The number of nitrogens with zero attached hydrogens (tertiary/aromatic N) is 1. The van der Waals surface area contributed by atoms with Crippen LogP contribution in [-0.2, 0) is 0 Å². The fourth-order valence-electron chi connectivity index (χ4n) is 1.40. The van der Waals surface area contributed by atoms with Crippen molar-refractivity contribution in [2.24, 2.45) is 0 Å². The monoisotopic (exact) mass is 356 g/mol. The van der Waals surface area contributed by atoms with Crippen LogP contribution in [0.4, 0.5) is 11.4 Å². The van der Waals surface area contributed by atoms with Crippen LogP contribution >= 0.6 is 31.9 Å². The van der Waals surface area contributed by atoms with E-state index in [1.54, 1.807) is 19.5 Å². The second kappa shape index (κ2) is 5.51. The first kappa shape index (κ1) is 12.4. The second-order valence-electron chi connectivity index (χ2n) is 3.40. The molecule has 5 heteroatoms. The Kier molecular flexibility index (Phi) is 4.02. The predicted molar refractivity (Wildman–Crippen MR) is 75.9 cm³/mol. The van der Waals surface area contributed by atoms with E-state index in [0.29, 0.717) is 0 Å². The predicted octanol–water partition coefficient (Wildman–Crippen LogP) is 4.36. The molecular weight excluding hydrogens is 348 g/mol. The van der Waals surface area contributed by atoms with Crippen molar-refractivity contribution >= 4 is 43.2 Å². The summed E-state index contributed by atoms with van der Waals surface area (Å²) in [6.45, 7) is 0. The molecule has 1 aromatic carbocycles. The molecule has 0 fully saturated rings. The number of hydrogen-bond donors (Lipinski definition) is 1. The highest BCUT2D eigenvalue weighted by Crippen LogP contribution is 2.27. The van der Waals surface area contributed by atoms with E-state index >= 15 is 0 Å². The van der Waals surface area contributed by atoms with E-state index in [9.17, 15) is 0 Å². The molecule has 0 saturated heterocycles. The summed E-state index contributed by atoms with van der Waals surface area (Å²) in [6, 6.07) is 7.76. The lowest BCUT2D eigenvalue weighted by Crippen LogP contribution is -1.92. The molecule has 0 amide bonds. The number of ether oxygens (including phenoxy) is 1. The Morgan fingerprint density at radius 2 is 1.76 bits per heavy atom. The van der Waals surface area contributed by atoms with Gasteiger partial charge in [0.2, 0.25) is 0 Å². The van der Waals surface area contributed by atoms with Gasteiger partial charge in [0.25, 0.3) is 0 Å². The number of methoxy groups -OCH3 is 1. The zero-order chi connectivity index (χ0) is 12.3. The number of hydrogen-bond acceptors (Lipinski definition) is 3. The molecular formula is C12H10Br2N2O. The number of rotatable bonds is 3. The molecule has 0 spiro atoms. The van der Waals surface area contributed by atoms with E-state index in [1.807, 2.05) is 24.3 Å². The third-order valence-corrected chi connectivity index (χ3v) is 2.99. The topological polar surface area (TPSA) is 34.1 Å². The zero-order valence-corrected chi connectivity index (χ0v) is 12.2. The summed E-state index contributed by atoms with van der Waals surface area (Å²) in [6.07, 6.45) is 3.50. The molecule has 1 aromatic heterocycles. The average molecular weight is 358 g/mol. The number of anilines is 2. The van der Waals surface area contributed by atoms with Gasteiger partial charge < -0.3 is 10.1 Å². The van der Waals surface area contributed by atoms with E-state index in [4.69, 9.17) is 4.74 Å².